The molecule has 0 radical (unpaired) electrons. The molecule has 0 N–H and O–H groups in total. The van der Waals surface area contributed by atoms with Crippen LogP contribution in [0.5, 0.6) is 5.75 Å². The lowest BCUT2D eigenvalue weighted by Gasteiger charge is -2.29. The summed E-state index contributed by atoms with van der Waals surface area (Å²) in [4.78, 5) is 0. The van der Waals surface area contributed by atoms with Crippen LogP contribution in [0.3, 0.4) is 0 Å². The van der Waals surface area contributed by atoms with E-state index >= 15 is 0 Å². The molecule has 0 aliphatic heterocycles. The first-order valence-electron chi connectivity index (χ1n) is 10.5. The summed E-state index contributed by atoms with van der Waals surface area (Å²) in [6.45, 7) is 2.12. The average Bonchev–Trinajstić information content (AvgIpc) is 2.69. The highest BCUT2D eigenvalue weighted by Crippen LogP contribution is 2.40. The SMILES string of the molecule is CCCC1CCC(c2cc(F)c(-c3cc(F)c(OC=CC(F)(F)F)c(F)c3)c(F)c2)CC1. The lowest BCUT2D eigenvalue weighted by molar-refractivity contribution is -0.0809. The molecule has 0 heterocycles. The van der Waals surface area contributed by atoms with E-state index in [0.29, 0.717) is 23.6 Å². The largest absolute Gasteiger partial charge is 0.459 e. The zero-order valence-electron chi connectivity index (χ0n) is 17.4. The van der Waals surface area contributed by atoms with E-state index in [1.54, 1.807) is 0 Å². The van der Waals surface area contributed by atoms with Gasteiger partial charge in [-0.3, -0.25) is 0 Å². The van der Waals surface area contributed by atoms with Gasteiger partial charge in [-0.2, -0.15) is 13.2 Å². The lowest BCUT2D eigenvalue weighted by Crippen LogP contribution is -2.13. The van der Waals surface area contributed by atoms with E-state index in [-0.39, 0.29) is 18.3 Å². The van der Waals surface area contributed by atoms with Gasteiger partial charge in [-0.1, -0.05) is 19.8 Å². The van der Waals surface area contributed by atoms with Gasteiger partial charge in [0, 0.05) is 0 Å². The molecule has 1 saturated carbocycles. The summed E-state index contributed by atoms with van der Waals surface area (Å²) in [7, 11) is 0. The molecule has 2 aromatic rings. The van der Waals surface area contributed by atoms with Crippen LogP contribution in [-0.2, 0) is 0 Å². The van der Waals surface area contributed by atoms with Crippen molar-refractivity contribution in [1.82, 2.24) is 0 Å². The fourth-order valence-corrected chi connectivity index (χ4v) is 4.29. The topological polar surface area (TPSA) is 9.23 Å². The van der Waals surface area contributed by atoms with E-state index in [1.165, 1.54) is 12.1 Å². The number of ether oxygens (including phenoxy) is 1. The Morgan fingerprint density at radius 2 is 1.44 bits per heavy atom. The minimum absolute atomic E-state index is 0.0193. The molecule has 1 aliphatic rings. The van der Waals surface area contributed by atoms with Gasteiger partial charge in [0.1, 0.15) is 11.6 Å². The molecule has 3 rings (SSSR count). The van der Waals surface area contributed by atoms with Gasteiger partial charge in [0.05, 0.1) is 17.9 Å². The summed E-state index contributed by atoms with van der Waals surface area (Å²) >= 11 is 0. The Kier molecular flexibility index (Phi) is 7.51. The highest BCUT2D eigenvalue weighted by atomic mass is 19.4. The second-order valence-electron chi connectivity index (χ2n) is 8.10. The van der Waals surface area contributed by atoms with Crippen molar-refractivity contribution in [3.63, 3.8) is 0 Å². The Hall–Kier alpha value is -2.51. The van der Waals surface area contributed by atoms with Gasteiger partial charge in [0.25, 0.3) is 0 Å². The molecule has 2 aromatic carbocycles. The fourth-order valence-electron chi connectivity index (χ4n) is 4.29. The molecule has 0 saturated heterocycles. The predicted molar refractivity (Wildman–Crippen MR) is 107 cm³/mol. The van der Waals surface area contributed by atoms with E-state index in [9.17, 15) is 30.7 Å². The van der Waals surface area contributed by atoms with Crippen LogP contribution < -0.4 is 4.74 Å². The molecule has 0 spiro atoms. The summed E-state index contributed by atoms with van der Waals surface area (Å²) in [6, 6.07) is 3.62. The molecular formula is C24H23F7O. The fraction of sp³-hybridized carbons (Fsp3) is 0.417. The lowest BCUT2D eigenvalue weighted by atomic mass is 9.77. The maximum absolute atomic E-state index is 14.8. The molecule has 0 amide bonds. The Balaban J connectivity index is 1.83. The molecule has 0 aromatic heterocycles. The molecule has 1 nitrogen and oxygen atoms in total. The van der Waals surface area contributed by atoms with Gasteiger partial charge in [0.2, 0.25) is 0 Å². The van der Waals surface area contributed by atoms with Crippen LogP contribution in [0.1, 0.15) is 56.9 Å². The molecule has 1 aliphatic carbocycles. The maximum atomic E-state index is 14.8. The number of halogens is 7. The second kappa shape index (κ2) is 9.96. The van der Waals surface area contributed by atoms with Crippen LogP contribution in [0.25, 0.3) is 11.1 Å². The highest BCUT2D eigenvalue weighted by molar-refractivity contribution is 5.66. The summed E-state index contributed by atoms with van der Waals surface area (Å²) in [5.41, 5.74) is -0.513. The highest BCUT2D eigenvalue weighted by Gasteiger charge is 2.26. The first-order chi connectivity index (χ1) is 15.1. The van der Waals surface area contributed by atoms with Gasteiger partial charge in [-0.05, 0) is 72.9 Å². The second-order valence-corrected chi connectivity index (χ2v) is 8.10. The van der Waals surface area contributed by atoms with Crippen molar-refractivity contribution in [3.8, 4) is 16.9 Å². The van der Waals surface area contributed by atoms with Gasteiger partial charge in [-0.15, -0.1) is 0 Å². The Labute approximate surface area is 181 Å². The minimum atomic E-state index is -4.73. The van der Waals surface area contributed by atoms with Crippen LogP contribution in [0, 0.1) is 29.2 Å². The van der Waals surface area contributed by atoms with Crippen molar-refractivity contribution in [1.29, 1.82) is 0 Å². The van der Waals surface area contributed by atoms with Crippen LogP contribution in [0.4, 0.5) is 30.7 Å². The van der Waals surface area contributed by atoms with Crippen molar-refractivity contribution in [3.05, 3.63) is 65.4 Å². The van der Waals surface area contributed by atoms with Crippen LogP contribution >= 0.6 is 0 Å². The predicted octanol–water partition coefficient (Wildman–Crippen LogP) is 8.44. The van der Waals surface area contributed by atoms with E-state index in [0.717, 1.165) is 38.5 Å². The molecular weight excluding hydrogens is 437 g/mol. The smallest absolute Gasteiger partial charge is 0.412 e. The summed E-state index contributed by atoms with van der Waals surface area (Å²) in [6.07, 6.45) is 0.887. The molecule has 32 heavy (non-hydrogen) atoms. The van der Waals surface area contributed by atoms with Gasteiger partial charge in [0.15, 0.2) is 17.4 Å². The number of hydrogen-bond acceptors (Lipinski definition) is 1. The Morgan fingerprint density at radius 1 is 0.875 bits per heavy atom. The first kappa shape index (κ1) is 24.1. The standard InChI is InChI=1S/C24H23F7O/c1-2-3-14-4-6-15(7-5-14)16-10-18(25)22(19(26)11-16)17-12-20(27)23(21(28)13-17)32-9-8-24(29,30)31/h8-15H,2-7H2,1H3. The third-order valence-corrected chi connectivity index (χ3v) is 5.81. The van der Waals surface area contributed by atoms with Gasteiger partial charge in [-0.25, -0.2) is 17.6 Å². The van der Waals surface area contributed by atoms with Crippen molar-refractivity contribution in [2.45, 2.75) is 57.5 Å². The third kappa shape index (κ3) is 5.84. The van der Waals surface area contributed by atoms with Crippen molar-refractivity contribution >= 4 is 0 Å². The Morgan fingerprint density at radius 3 is 1.94 bits per heavy atom. The maximum Gasteiger partial charge on any atom is 0.412 e. The molecule has 8 heteroatoms. The van der Waals surface area contributed by atoms with Crippen LogP contribution in [0.2, 0.25) is 0 Å². The molecule has 0 bridgehead atoms. The summed E-state index contributed by atoms with van der Waals surface area (Å²) in [5, 5.41) is 0. The number of benzene rings is 2. The Bertz CT molecular complexity index is 927. The number of allylic oxidation sites excluding steroid dienone is 1. The number of hydrogen-bond donors (Lipinski definition) is 0. The van der Waals surface area contributed by atoms with Gasteiger partial charge >= 0.3 is 6.18 Å². The molecule has 174 valence electrons. The van der Waals surface area contributed by atoms with Crippen LogP contribution in [-0.4, -0.2) is 6.18 Å². The molecule has 1 fully saturated rings. The van der Waals surface area contributed by atoms with E-state index < -0.39 is 46.3 Å². The van der Waals surface area contributed by atoms with Crippen molar-refractivity contribution in [2.75, 3.05) is 0 Å². The van der Waals surface area contributed by atoms with Gasteiger partial charge < -0.3 is 4.74 Å². The minimum Gasteiger partial charge on any atom is -0.459 e. The zero-order chi connectivity index (χ0) is 23.5. The molecule has 0 unspecified atom stereocenters. The van der Waals surface area contributed by atoms with E-state index in [4.69, 9.17) is 0 Å². The first-order valence-corrected chi connectivity index (χ1v) is 10.5. The zero-order valence-corrected chi connectivity index (χ0v) is 17.4. The third-order valence-electron chi connectivity index (χ3n) is 5.81. The van der Waals surface area contributed by atoms with Crippen LogP contribution in [0.15, 0.2) is 36.6 Å². The molecule has 0 atom stereocenters. The van der Waals surface area contributed by atoms with E-state index in [1.807, 2.05) is 0 Å². The monoisotopic (exact) mass is 460 g/mol. The van der Waals surface area contributed by atoms with E-state index in [2.05, 4.69) is 11.7 Å². The quantitative estimate of drug-likeness (QED) is 0.310. The van der Waals surface area contributed by atoms with Crippen molar-refractivity contribution < 1.29 is 35.5 Å². The summed E-state index contributed by atoms with van der Waals surface area (Å²) in [5.74, 6) is -5.14. The van der Waals surface area contributed by atoms with Crippen molar-refractivity contribution in [2.24, 2.45) is 5.92 Å². The number of rotatable bonds is 6. The number of alkyl halides is 3. The normalized spacial score (nSPS) is 19.5. The average molecular weight is 460 g/mol. The summed E-state index contributed by atoms with van der Waals surface area (Å²) < 4.78 is 98.8.